The minimum absolute atomic E-state index is 0.0507. The van der Waals surface area contributed by atoms with Crippen molar-refractivity contribution < 1.29 is 14.1 Å². The first kappa shape index (κ1) is 22.6. The summed E-state index contributed by atoms with van der Waals surface area (Å²) in [6.45, 7) is 1.34. The van der Waals surface area contributed by atoms with Gasteiger partial charge in [-0.15, -0.1) is 0 Å². The van der Waals surface area contributed by atoms with Crippen LogP contribution in [0.15, 0.2) is 41.3 Å². The molecule has 0 N–H and O–H groups in total. The van der Waals surface area contributed by atoms with Crippen LogP contribution in [0, 0.1) is 34.2 Å². The molecule has 31 heavy (non-hydrogen) atoms. The van der Waals surface area contributed by atoms with Gasteiger partial charge < -0.3 is 9.30 Å². The van der Waals surface area contributed by atoms with Crippen LogP contribution < -0.4 is 5.56 Å². The molecule has 3 rings (SSSR count). The fourth-order valence-corrected chi connectivity index (χ4v) is 4.30. The van der Waals surface area contributed by atoms with Gasteiger partial charge in [-0.25, -0.2) is 4.39 Å². The maximum absolute atomic E-state index is 13.5. The summed E-state index contributed by atoms with van der Waals surface area (Å²) in [4.78, 5) is 23.5. The number of nitro groups is 1. The number of aromatic nitrogens is 1. The summed E-state index contributed by atoms with van der Waals surface area (Å²) >= 11 is 0. The number of hydrogen-bond acceptors (Lipinski definition) is 5. The molecular weight excluding hydrogens is 401 g/mol. The number of ether oxygens (including phenoxy) is 1. The summed E-state index contributed by atoms with van der Waals surface area (Å²) in [5, 5.41) is 20.2. The molecule has 1 heterocycles. The Kier molecular flexibility index (Phi) is 7.53. The van der Waals surface area contributed by atoms with Crippen LogP contribution in [0.5, 0.6) is 0 Å². The third kappa shape index (κ3) is 5.98. The lowest BCUT2D eigenvalue weighted by molar-refractivity contribution is -0.484. The fraction of sp³-hybridized carbons (Fsp3) is 0.478. The second-order valence-electron chi connectivity index (χ2n) is 8.14. The lowest BCUT2D eigenvalue weighted by Crippen LogP contribution is -2.31. The van der Waals surface area contributed by atoms with Crippen molar-refractivity contribution in [3.8, 4) is 6.07 Å². The van der Waals surface area contributed by atoms with Crippen LogP contribution in [-0.2, 0) is 11.3 Å². The van der Waals surface area contributed by atoms with Gasteiger partial charge in [-0.05, 0) is 67.9 Å². The van der Waals surface area contributed by atoms with Crippen LogP contribution in [0.4, 0.5) is 4.39 Å². The maximum atomic E-state index is 13.5. The Hall–Kier alpha value is -3.05. The highest BCUT2D eigenvalue weighted by Gasteiger charge is 2.27. The zero-order valence-corrected chi connectivity index (χ0v) is 17.5. The van der Waals surface area contributed by atoms with E-state index in [2.05, 4.69) is 0 Å². The average molecular weight is 427 g/mol. The highest BCUT2D eigenvalue weighted by atomic mass is 19.1. The molecule has 7 nitrogen and oxygen atoms in total. The third-order valence-electron chi connectivity index (χ3n) is 5.83. The number of benzene rings is 1. The highest BCUT2D eigenvalue weighted by molar-refractivity contribution is 5.23. The molecule has 0 radical (unpaired) electrons. The van der Waals surface area contributed by atoms with Gasteiger partial charge in [-0.2, -0.15) is 5.26 Å². The van der Waals surface area contributed by atoms with E-state index < -0.39 is 22.9 Å². The topological polar surface area (TPSA) is 98.2 Å². The molecule has 8 heteroatoms. The van der Waals surface area contributed by atoms with Crippen LogP contribution in [0.1, 0.15) is 54.2 Å². The summed E-state index contributed by atoms with van der Waals surface area (Å²) in [7, 11) is 0. The highest BCUT2D eigenvalue weighted by Crippen LogP contribution is 2.34. The first-order valence-electron chi connectivity index (χ1n) is 10.4. The van der Waals surface area contributed by atoms with E-state index >= 15 is 0 Å². The summed E-state index contributed by atoms with van der Waals surface area (Å²) in [5.41, 5.74) is 1.66. The van der Waals surface area contributed by atoms with Crippen LogP contribution in [0.3, 0.4) is 0 Å². The van der Waals surface area contributed by atoms with Gasteiger partial charge >= 0.3 is 0 Å². The lowest BCUT2D eigenvalue weighted by atomic mass is 9.82. The molecule has 0 amide bonds. The van der Waals surface area contributed by atoms with Crippen molar-refractivity contribution in [2.75, 3.05) is 13.2 Å². The molecule has 0 spiro atoms. The van der Waals surface area contributed by atoms with Crippen molar-refractivity contribution in [3.63, 3.8) is 0 Å². The van der Waals surface area contributed by atoms with Crippen LogP contribution in [0.25, 0.3) is 0 Å². The molecule has 1 aliphatic carbocycles. The number of rotatable bonds is 8. The SMILES string of the molecule is Cc1cc(C(CO[C@H]2CC[C@@H](c3cccc(F)c3)CC2)C[N+](=O)[O-])c(=O)n(CC#N)c1. The molecule has 1 aromatic heterocycles. The van der Waals surface area contributed by atoms with Crippen molar-refractivity contribution >= 4 is 0 Å². The maximum Gasteiger partial charge on any atom is 0.255 e. The van der Waals surface area contributed by atoms with Gasteiger partial charge in [0.05, 0.1) is 24.7 Å². The third-order valence-corrected chi connectivity index (χ3v) is 5.83. The minimum atomic E-state index is -0.687. The van der Waals surface area contributed by atoms with Crippen molar-refractivity contribution in [1.29, 1.82) is 5.26 Å². The van der Waals surface area contributed by atoms with Gasteiger partial charge in [0.15, 0.2) is 0 Å². The second-order valence-corrected chi connectivity index (χ2v) is 8.14. The molecule has 164 valence electrons. The molecule has 0 saturated heterocycles. The Morgan fingerprint density at radius 3 is 2.71 bits per heavy atom. The molecule has 0 bridgehead atoms. The van der Waals surface area contributed by atoms with E-state index in [1.807, 2.05) is 12.1 Å². The van der Waals surface area contributed by atoms with E-state index in [9.17, 15) is 19.3 Å². The monoisotopic (exact) mass is 427 g/mol. The van der Waals surface area contributed by atoms with E-state index in [1.54, 1.807) is 31.3 Å². The number of pyridine rings is 1. The number of nitrogens with zero attached hydrogens (tertiary/aromatic N) is 3. The quantitative estimate of drug-likeness (QED) is 0.470. The van der Waals surface area contributed by atoms with Gasteiger partial charge in [-0.1, -0.05) is 12.1 Å². The first-order valence-corrected chi connectivity index (χ1v) is 10.4. The van der Waals surface area contributed by atoms with Crippen molar-refractivity contribution in [2.45, 2.75) is 57.1 Å². The molecular formula is C23H26FN3O4. The minimum Gasteiger partial charge on any atom is -0.377 e. The Balaban J connectivity index is 1.66. The van der Waals surface area contributed by atoms with E-state index in [4.69, 9.17) is 10.00 Å². The smallest absolute Gasteiger partial charge is 0.255 e. The Morgan fingerprint density at radius 2 is 2.06 bits per heavy atom. The predicted molar refractivity (Wildman–Crippen MR) is 113 cm³/mol. The summed E-state index contributed by atoms with van der Waals surface area (Å²) < 4.78 is 20.8. The normalized spacial score (nSPS) is 19.5. The zero-order chi connectivity index (χ0) is 22.4. The second kappa shape index (κ2) is 10.3. The van der Waals surface area contributed by atoms with Crippen LogP contribution in [0.2, 0.25) is 0 Å². The first-order chi connectivity index (χ1) is 14.9. The van der Waals surface area contributed by atoms with Gasteiger partial charge in [0, 0.05) is 16.7 Å². The molecule has 1 aliphatic rings. The van der Waals surface area contributed by atoms with E-state index in [1.165, 1.54) is 10.6 Å². The molecule has 1 unspecified atom stereocenters. The van der Waals surface area contributed by atoms with Gasteiger partial charge in [-0.3, -0.25) is 14.9 Å². The van der Waals surface area contributed by atoms with Gasteiger partial charge in [0.25, 0.3) is 5.56 Å². The predicted octanol–water partition coefficient (Wildman–Crippen LogP) is 3.92. The Labute approximate surface area is 180 Å². The summed E-state index contributed by atoms with van der Waals surface area (Å²) in [6, 6.07) is 10.2. The standard InChI is InChI=1S/C23H26FN3O4/c1-16-11-22(23(28)26(13-16)10-9-25)19(14-27(29)30)15-31-21-7-5-17(6-8-21)18-3-2-4-20(24)12-18/h2-4,11-13,17,19,21H,5-8,10,14-15H2,1H3/t17-,19?,21+. The van der Waals surface area contributed by atoms with Gasteiger partial charge in [0.2, 0.25) is 6.54 Å². The van der Waals surface area contributed by atoms with E-state index in [0.717, 1.165) is 36.8 Å². The van der Waals surface area contributed by atoms with Crippen LogP contribution >= 0.6 is 0 Å². The number of halogens is 1. The Morgan fingerprint density at radius 1 is 1.32 bits per heavy atom. The molecule has 1 aromatic carbocycles. The Bertz CT molecular complexity index is 1020. The van der Waals surface area contributed by atoms with Crippen molar-refractivity contribution in [2.24, 2.45) is 0 Å². The number of hydrogen-bond donors (Lipinski definition) is 0. The van der Waals surface area contributed by atoms with E-state index in [-0.39, 0.29) is 31.0 Å². The molecule has 2 aromatic rings. The molecule has 1 fully saturated rings. The number of nitriles is 1. The molecule has 1 saturated carbocycles. The van der Waals surface area contributed by atoms with Gasteiger partial charge in [0.1, 0.15) is 12.4 Å². The molecule has 1 atom stereocenters. The van der Waals surface area contributed by atoms with Crippen molar-refractivity contribution in [1.82, 2.24) is 4.57 Å². The zero-order valence-electron chi connectivity index (χ0n) is 17.5. The molecule has 0 aliphatic heterocycles. The van der Waals surface area contributed by atoms with Crippen molar-refractivity contribution in [3.05, 3.63) is 79.5 Å². The average Bonchev–Trinajstić information content (AvgIpc) is 2.74. The number of aryl methyl sites for hydroxylation is 1. The fourth-order valence-electron chi connectivity index (χ4n) is 4.30. The van der Waals surface area contributed by atoms with Crippen LogP contribution in [-0.4, -0.2) is 28.7 Å². The largest absolute Gasteiger partial charge is 0.377 e. The summed E-state index contributed by atoms with van der Waals surface area (Å²) in [5.74, 6) is -0.646. The lowest BCUT2D eigenvalue weighted by Gasteiger charge is -2.29. The summed E-state index contributed by atoms with van der Waals surface area (Å²) in [6.07, 6.45) is 4.79. The van der Waals surface area contributed by atoms with E-state index in [0.29, 0.717) is 5.56 Å².